The molecular weight excluding hydrogens is 246 g/mol. The quantitative estimate of drug-likeness (QED) is 0.924. The van der Waals surface area contributed by atoms with Crippen molar-refractivity contribution in [3.8, 4) is 0 Å². The Bertz CT molecular complexity index is 549. The summed E-state index contributed by atoms with van der Waals surface area (Å²) in [4.78, 5) is 17.9. The van der Waals surface area contributed by atoms with Crippen molar-refractivity contribution in [1.29, 1.82) is 0 Å². The van der Waals surface area contributed by atoms with Gasteiger partial charge in [0.2, 0.25) is 0 Å². The molecule has 1 heterocycles. The molecule has 0 unspecified atom stereocenters. The molecule has 1 N–H and O–H groups in total. The van der Waals surface area contributed by atoms with E-state index in [2.05, 4.69) is 10.3 Å². The van der Waals surface area contributed by atoms with Gasteiger partial charge in [-0.1, -0.05) is 0 Å². The summed E-state index contributed by atoms with van der Waals surface area (Å²) in [5.74, 6) is -0.169. The number of carbonyl (C=O) groups excluding carboxylic acids is 1. The fourth-order valence-corrected chi connectivity index (χ4v) is 2.11. The third kappa shape index (κ3) is 2.68. The zero-order chi connectivity index (χ0) is 13.1. The molecule has 0 saturated heterocycles. The average Bonchev–Trinajstić information content (AvgIpc) is 2.85. The summed E-state index contributed by atoms with van der Waals surface area (Å²) < 4.78 is 0. The van der Waals surface area contributed by atoms with Gasteiger partial charge in [-0.2, -0.15) is 0 Å². The predicted octanol–water partition coefficient (Wildman–Crippen LogP) is 2.77. The lowest BCUT2D eigenvalue weighted by atomic mass is 10.1. The fourth-order valence-electron chi connectivity index (χ4n) is 1.58. The van der Waals surface area contributed by atoms with Gasteiger partial charge in [0.05, 0.1) is 5.51 Å². The third-order valence-corrected chi connectivity index (χ3v) is 3.23. The summed E-state index contributed by atoms with van der Waals surface area (Å²) in [6.07, 6.45) is 0. The molecule has 0 aliphatic rings. The van der Waals surface area contributed by atoms with Gasteiger partial charge in [-0.05, 0) is 30.7 Å². The lowest BCUT2D eigenvalue weighted by Gasteiger charge is -2.15. The number of amides is 1. The van der Waals surface area contributed by atoms with Crippen molar-refractivity contribution in [2.45, 2.75) is 6.92 Å². The Morgan fingerprint density at radius 3 is 2.72 bits per heavy atom. The third-order valence-electron chi connectivity index (χ3n) is 2.64. The summed E-state index contributed by atoms with van der Waals surface area (Å²) in [5.41, 5.74) is 5.07. The molecule has 5 heteroatoms. The summed E-state index contributed by atoms with van der Waals surface area (Å²) in [6.45, 7) is 1.98. The summed E-state index contributed by atoms with van der Waals surface area (Å²) in [5, 5.41) is 4.60. The Kier molecular flexibility index (Phi) is 3.62. The van der Waals surface area contributed by atoms with Crippen molar-refractivity contribution in [3.63, 3.8) is 0 Å². The average molecular weight is 261 g/mol. The zero-order valence-corrected chi connectivity index (χ0v) is 11.4. The first-order valence-electron chi connectivity index (χ1n) is 5.55. The van der Waals surface area contributed by atoms with Gasteiger partial charge in [0.1, 0.15) is 5.69 Å². The predicted molar refractivity (Wildman–Crippen MR) is 75.6 cm³/mol. The number of anilines is 2. The van der Waals surface area contributed by atoms with Crippen molar-refractivity contribution in [2.24, 2.45) is 0 Å². The van der Waals surface area contributed by atoms with E-state index in [0.29, 0.717) is 5.69 Å². The van der Waals surface area contributed by atoms with E-state index < -0.39 is 0 Å². The molecule has 0 radical (unpaired) electrons. The molecule has 0 spiro atoms. The van der Waals surface area contributed by atoms with E-state index in [1.54, 1.807) is 10.9 Å². The topological polar surface area (TPSA) is 45.2 Å². The van der Waals surface area contributed by atoms with Gasteiger partial charge >= 0.3 is 0 Å². The van der Waals surface area contributed by atoms with Gasteiger partial charge in [-0.15, -0.1) is 11.3 Å². The maximum Gasteiger partial charge on any atom is 0.275 e. The Balaban J connectivity index is 2.17. The molecule has 0 bridgehead atoms. The molecule has 0 atom stereocenters. The Hall–Kier alpha value is -1.88. The molecule has 0 aliphatic carbocycles. The standard InChI is InChI=1S/C13H15N3OS/c1-9-6-10(16(2)3)4-5-11(9)15-13(17)12-7-18-8-14-12/h4-8H,1-3H3,(H,15,17). The van der Waals surface area contributed by atoms with Crippen LogP contribution in [0.1, 0.15) is 16.1 Å². The SMILES string of the molecule is Cc1cc(N(C)C)ccc1NC(=O)c1cscn1. The molecule has 0 fully saturated rings. The summed E-state index contributed by atoms with van der Waals surface area (Å²) in [6, 6.07) is 5.93. The summed E-state index contributed by atoms with van der Waals surface area (Å²) >= 11 is 1.41. The molecule has 2 rings (SSSR count). The molecule has 1 amide bonds. The van der Waals surface area contributed by atoms with E-state index in [1.165, 1.54) is 11.3 Å². The van der Waals surface area contributed by atoms with E-state index in [1.807, 2.05) is 44.1 Å². The van der Waals surface area contributed by atoms with Crippen LogP contribution >= 0.6 is 11.3 Å². The number of benzene rings is 1. The molecule has 0 saturated carbocycles. The van der Waals surface area contributed by atoms with Crippen LogP contribution in [0.15, 0.2) is 29.1 Å². The first kappa shape index (κ1) is 12.6. The largest absolute Gasteiger partial charge is 0.378 e. The van der Waals surface area contributed by atoms with Crippen LogP contribution in [0.5, 0.6) is 0 Å². The number of rotatable bonds is 3. The van der Waals surface area contributed by atoms with Gasteiger partial charge < -0.3 is 10.2 Å². The van der Waals surface area contributed by atoms with Crippen LogP contribution < -0.4 is 10.2 Å². The van der Waals surface area contributed by atoms with E-state index in [-0.39, 0.29) is 5.91 Å². The van der Waals surface area contributed by atoms with E-state index in [0.717, 1.165) is 16.9 Å². The highest BCUT2D eigenvalue weighted by Gasteiger charge is 2.09. The summed E-state index contributed by atoms with van der Waals surface area (Å²) in [7, 11) is 3.98. The lowest BCUT2D eigenvalue weighted by Crippen LogP contribution is -2.14. The minimum absolute atomic E-state index is 0.169. The van der Waals surface area contributed by atoms with Gasteiger partial charge in [0.15, 0.2) is 0 Å². The number of aromatic nitrogens is 1. The van der Waals surface area contributed by atoms with E-state index >= 15 is 0 Å². The van der Waals surface area contributed by atoms with Crippen LogP contribution in [0.4, 0.5) is 11.4 Å². The number of nitrogens with zero attached hydrogens (tertiary/aromatic N) is 2. The molecule has 2 aromatic rings. The van der Waals surface area contributed by atoms with Crippen LogP contribution in [0, 0.1) is 6.92 Å². The van der Waals surface area contributed by atoms with E-state index in [4.69, 9.17) is 0 Å². The first-order chi connectivity index (χ1) is 8.58. The minimum Gasteiger partial charge on any atom is -0.378 e. The molecule has 1 aromatic carbocycles. The molecule has 94 valence electrons. The number of hydrogen-bond acceptors (Lipinski definition) is 4. The maximum absolute atomic E-state index is 11.9. The first-order valence-corrected chi connectivity index (χ1v) is 6.49. The minimum atomic E-state index is -0.169. The number of thiazole rings is 1. The van der Waals surface area contributed by atoms with Crippen molar-refractivity contribution in [1.82, 2.24) is 4.98 Å². The van der Waals surface area contributed by atoms with Crippen LogP contribution in [0.3, 0.4) is 0 Å². The number of hydrogen-bond donors (Lipinski definition) is 1. The van der Waals surface area contributed by atoms with E-state index in [9.17, 15) is 4.79 Å². The molecular formula is C13H15N3OS. The highest BCUT2D eigenvalue weighted by molar-refractivity contribution is 7.07. The van der Waals surface area contributed by atoms with Crippen molar-refractivity contribution in [2.75, 3.05) is 24.3 Å². The Labute approximate surface area is 110 Å². The Morgan fingerprint density at radius 1 is 1.39 bits per heavy atom. The smallest absolute Gasteiger partial charge is 0.275 e. The maximum atomic E-state index is 11.9. The van der Waals surface area contributed by atoms with Crippen LogP contribution in [-0.4, -0.2) is 25.0 Å². The second-order valence-corrected chi connectivity index (χ2v) is 4.94. The fraction of sp³-hybridized carbons (Fsp3) is 0.231. The van der Waals surface area contributed by atoms with Gasteiger partial charge in [0.25, 0.3) is 5.91 Å². The second-order valence-electron chi connectivity index (χ2n) is 4.22. The van der Waals surface area contributed by atoms with Crippen molar-refractivity contribution < 1.29 is 4.79 Å². The molecule has 0 aliphatic heterocycles. The highest BCUT2D eigenvalue weighted by atomic mass is 32.1. The number of nitrogens with one attached hydrogen (secondary N) is 1. The second kappa shape index (κ2) is 5.18. The van der Waals surface area contributed by atoms with Crippen molar-refractivity contribution >= 4 is 28.6 Å². The van der Waals surface area contributed by atoms with Crippen LogP contribution in [-0.2, 0) is 0 Å². The zero-order valence-electron chi connectivity index (χ0n) is 10.6. The van der Waals surface area contributed by atoms with Crippen LogP contribution in [0.2, 0.25) is 0 Å². The Morgan fingerprint density at radius 2 is 2.17 bits per heavy atom. The molecule has 1 aromatic heterocycles. The number of aryl methyl sites for hydroxylation is 1. The lowest BCUT2D eigenvalue weighted by molar-refractivity contribution is 0.102. The van der Waals surface area contributed by atoms with Crippen LogP contribution in [0.25, 0.3) is 0 Å². The highest BCUT2D eigenvalue weighted by Crippen LogP contribution is 2.21. The van der Waals surface area contributed by atoms with Gasteiger partial charge in [-0.3, -0.25) is 4.79 Å². The normalized spacial score (nSPS) is 10.2. The molecule has 4 nitrogen and oxygen atoms in total. The van der Waals surface area contributed by atoms with Gasteiger partial charge in [-0.25, -0.2) is 4.98 Å². The molecule has 18 heavy (non-hydrogen) atoms. The number of carbonyl (C=O) groups is 1. The van der Waals surface area contributed by atoms with Gasteiger partial charge in [0, 0.05) is 30.9 Å². The van der Waals surface area contributed by atoms with Crippen molar-refractivity contribution in [3.05, 3.63) is 40.3 Å². The monoisotopic (exact) mass is 261 g/mol.